The number of fused-ring (bicyclic) bond motifs is 2. The first kappa shape index (κ1) is 31.1. The molecule has 0 spiro atoms. The SMILES string of the molecule is CC1(CCCC2CCCCC2)C(=O)C(C2=NS(O)(O)c3cc(NS(C)(=O)=O)ccc3N2)=C(O)c2ccccc21.[H-].[Na+]. The molecular formula is C28H36N3NaO6S2. The number of ketones is 1. The largest absolute Gasteiger partial charge is 1.00 e. The molecule has 1 atom stereocenters. The van der Waals surface area contributed by atoms with Crippen LogP contribution in [0.3, 0.4) is 0 Å². The Morgan fingerprint density at radius 1 is 1.15 bits per heavy atom. The number of benzene rings is 2. The molecule has 1 fully saturated rings. The molecule has 1 unspecified atom stereocenters. The van der Waals surface area contributed by atoms with Crippen LogP contribution in [0.25, 0.3) is 5.76 Å². The second kappa shape index (κ2) is 11.8. The van der Waals surface area contributed by atoms with Gasteiger partial charge in [0.1, 0.15) is 16.2 Å². The number of carbonyl (C=O) groups excluding carboxylic acids is 1. The summed E-state index contributed by atoms with van der Waals surface area (Å²) in [6.07, 6.45) is 9.77. The van der Waals surface area contributed by atoms with E-state index in [1.165, 1.54) is 50.3 Å². The number of rotatable bonds is 7. The standard InChI is InChI=1S/C28H35N3O6S2.Na.H/c1-28(16-8-11-18-9-4-3-5-10-18)21-13-7-6-12-20(21)25(32)24(26(28)33)27-29-22-15-14-19(30-38(2,34)35)17-23(22)39(36,37)31-27;;/h6-7,12-15,17-18,30,32,36-37H,3-5,8-11,16H2,1-2H3,(H,29,31);;/q;+1;-1. The van der Waals surface area contributed by atoms with Crippen LogP contribution in [-0.4, -0.2) is 40.5 Å². The summed E-state index contributed by atoms with van der Waals surface area (Å²) in [6, 6.07) is 11.5. The molecule has 0 bridgehead atoms. The number of anilines is 2. The van der Waals surface area contributed by atoms with Crippen molar-refractivity contribution in [3.05, 3.63) is 59.2 Å². The van der Waals surface area contributed by atoms with Crippen molar-refractivity contribution in [1.82, 2.24) is 0 Å². The quantitative estimate of drug-likeness (QED) is 0.307. The number of hydrogen-bond donors (Lipinski definition) is 5. The van der Waals surface area contributed by atoms with Gasteiger partial charge >= 0.3 is 29.6 Å². The molecule has 2 aromatic carbocycles. The molecule has 0 aromatic heterocycles. The van der Waals surface area contributed by atoms with Gasteiger partial charge in [0.05, 0.1) is 23.0 Å². The average Bonchev–Trinajstić information content (AvgIpc) is 2.88. The van der Waals surface area contributed by atoms with Gasteiger partial charge in [-0.15, -0.1) is 4.40 Å². The Bertz CT molecular complexity index is 1490. The fourth-order valence-corrected chi connectivity index (χ4v) is 7.81. The molecule has 0 saturated heterocycles. The van der Waals surface area contributed by atoms with Crippen molar-refractivity contribution in [2.75, 3.05) is 16.3 Å². The van der Waals surface area contributed by atoms with Crippen LogP contribution in [0.2, 0.25) is 0 Å². The topological polar surface area (TPSA) is 148 Å². The molecule has 3 aliphatic rings. The van der Waals surface area contributed by atoms with Crippen molar-refractivity contribution >= 4 is 49.6 Å². The third-order valence-electron chi connectivity index (χ3n) is 8.04. The summed E-state index contributed by atoms with van der Waals surface area (Å²) in [5.74, 6) is -0.0410. The van der Waals surface area contributed by atoms with E-state index in [2.05, 4.69) is 14.4 Å². The second-order valence-electron chi connectivity index (χ2n) is 11.0. The van der Waals surface area contributed by atoms with Gasteiger partial charge in [-0.1, -0.05) is 80.0 Å². The van der Waals surface area contributed by atoms with Gasteiger partial charge in [0.25, 0.3) is 0 Å². The van der Waals surface area contributed by atoms with Gasteiger partial charge in [-0.3, -0.25) is 18.6 Å². The van der Waals surface area contributed by atoms with E-state index < -0.39 is 26.2 Å². The van der Waals surface area contributed by atoms with Crippen LogP contribution < -0.4 is 39.6 Å². The van der Waals surface area contributed by atoms with E-state index in [0.717, 1.165) is 24.7 Å². The van der Waals surface area contributed by atoms with Gasteiger partial charge in [-0.25, -0.2) is 8.42 Å². The van der Waals surface area contributed by atoms with E-state index in [1.54, 1.807) is 12.1 Å². The first-order valence-corrected chi connectivity index (χ1v) is 16.6. The molecule has 5 N–H and O–H groups in total. The zero-order chi connectivity index (χ0) is 28.0. The van der Waals surface area contributed by atoms with Crippen molar-refractivity contribution < 1.29 is 58.4 Å². The Morgan fingerprint density at radius 2 is 1.85 bits per heavy atom. The molecule has 9 nitrogen and oxygen atoms in total. The molecular weight excluding hydrogens is 561 g/mol. The zero-order valence-corrected chi connectivity index (χ0v) is 26.7. The molecule has 40 heavy (non-hydrogen) atoms. The third kappa shape index (κ3) is 6.16. The van der Waals surface area contributed by atoms with Crippen LogP contribution in [0.5, 0.6) is 0 Å². The van der Waals surface area contributed by atoms with E-state index in [4.69, 9.17) is 0 Å². The number of hydrogen-bond acceptors (Lipinski definition) is 8. The molecule has 0 amide bonds. The second-order valence-corrected chi connectivity index (χ2v) is 14.4. The van der Waals surface area contributed by atoms with E-state index >= 15 is 0 Å². The first-order valence-electron chi connectivity index (χ1n) is 13.2. The monoisotopic (exact) mass is 597 g/mol. The maximum Gasteiger partial charge on any atom is 1.00 e. The van der Waals surface area contributed by atoms with Crippen LogP contribution >= 0.6 is 10.8 Å². The minimum Gasteiger partial charge on any atom is -1.00 e. The maximum absolute atomic E-state index is 14.2. The summed E-state index contributed by atoms with van der Waals surface area (Å²) in [5.41, 5.74) is 0.657. The average molecular weight is 598 g/mol. The Labute approximate surface area is 260 Å². The van der Waals surface area contributed by atoms with Crippen molar-refractivity contribution in [1.29, 1.82) is 0 Å². The molecule has 2 aliphatic carbocycles. The summed E-state index contributed by atoms with van der Waals surface area (Å²) in [4.78, 5) is 14.2. The number of aliphatic hydroxyl groups excluding tert-OH is 1. The zero-order valence-electron chi connectivity index (χ0n) is 24.1. The summed E-state index contributed by atoms with van der Waals surface area (Å²) in [5, 5.41) is 14.3. The van der Waals surface area contributed by atoms with E-state index in [1.807, 2.05) is 19.1 Å². The number of sulfonamides is 1. The molecule has 2 aromatic rings. The first-order chi connectivity index (χ1) is 18.4. The fraction of sp³-hybridized carbons (Fsp3) is 0.429. The van der Waals surface area contributed by atoms with Gasteiger partial charge in [0.2, 0.25) is 10.0 Å². The molecule has 212 valence electrons. The Balaban J connectivity index is 0.00000231. The van der Waals surface area contributed by atoms with Gasteiger partial charge < -0.3 is 11.8 Å². The van der Waals surface area contributed by atoms with Gasteiger partial charge in [-0.2, -0.15) is 0 Å². The number of aliphatic hydroxyl groups is 1. The molecule has 1 aliphatic heterocycles. The number of nitrogens with zero attached hydrogens (tertiary/aromatic N) is 1. The number of Topliss-reactive ketones (excluding diaryl/α,β-unsaturated/α-hetero) is 1. The molecule has 5 rings (SSSR count). The minimum atomic E-state index is -3.82. The predicted octanol–water partition coefficient (Wildman–Crippen LogP) is 3.58. The van der Waals surface area contributed by atoms with Gasteiger partial charge in [-0.05, 0) is 43.0 Å². The van der Waals surface area contributed by atoms with Crippen LogP contribution in [0.1, 0.15) is 70.8 Å². The van der Waals surface area contributed by atoms with Crippen LogP contribution in [0.15, 0.2) is 57.3 Å². The minimum absolute atomic E-state index is 0. The van der Waals surface area contributed by atoms with Crippen LogP contribution in [0, 0.1) is 5.92 Å². The molecule has 1 heterocycles. The summed E-state index contributed by atoms with van der Waals surface area (Å²) < 4.78 is 51.6. The predicted molar refractivity (Wildman–Crippen MR) is 157 cm³/mol. The van der Waals surface area contributed by atoms with Crippen molar-refractivity contribution in [3.63, 3.8) is 0 Å². The molecule has 12 heteroatoms. The summed E-state index contributed by atoms with van der Waals surface area (Å²) in [7, 11) is -7.40. The van der Waals surface area contributed by atoms with E-state index in [9.17, 15) is 27.4 Å². The normalized spacial score (nSPS) is 23.2. The third-order valence-corrected chi connectivity index (χ3v) is 10.0. The Hall–Kier alpha value is -1.86. The molecule has 0 radical (unpaired) electrons. The van der Waals surface area contributed by atoms with Crippen molar-refractivity contribution in [3.8, 4) is 0 Å². The van der Waals surface area contributed by atoms with Crippen molar-refractivity contribution in [2.24, 2.45) is 10.3 Å². The van der Waals surface area contributed by atoms with Gasteiger partial charge in [0.15, 0.2) is 11.6 Å². The van der Waals surface area contributed by atoms with E-state index in [-0.39, 0.29) is 70.2 Å². The maximum atomic E-state index is 14.2. The van der Waals surface area contributed by atoms with Gasteiger partial charge in [0, 0.05) is 5.56 Å². The summed E-state index contributed by atoms with van der Waals surface area (Å²) in [6.45, 7) is 1.89. The number of amidine groups is 1. The smallest absolute Gasteiger partial charge is 1.00 e. The fourth-order valence-electron chi connectivity index (χ4n) is 6.06. The van der Waals surface area contributed by atoms with Crippen molar-refractivity contribution in [2.45, 2.75) is 68.6 Å². The number of carbonyl (C=O) groups is 1. The summed E-state index contributed by atoms with van der Waals surface area (Å²) >= 11 is 0. The Morgan fingerprint density at radius 3 is 2.55 bits per heavy atom. The Kier molecular flexibility index (Phi) is 9.16. The van der Waals surface area contributed by atoms with Crippen LogP contribution in [-0.2, 0) is 20.2 Å². The number of nitrogens with one attached hydrogen (secondary N) is 2. The molecule has 1 saturated carbocycles. The van der Waals surface area contributed by atoms with Crippen LogP contribution in [0.4, 0.5) is 11.4 Å². The van der Waals surface area contributed by atoms with E-state index in [0.29, 0.717) is 17.9 Å².